The minimum absolute atomic E-state index is 0.311. The van der Waals surface area contributed by atoms with Gasteiger partial charge in [-0.05, 0) is 48.5 Å². The fourth-order valence-electron chi connectivity index (χ4n) is 2.02. The molecule has 0 aromatic heterocycles. The first-order valence-corrected chi connectivity index (χ1v) is 7.33. The quantitative estimate of drug-likeness (QED) is 0.521. The molecule has 0 fully saturated rings. The lowest BCUT2D eigenvalue weighted by atomic mass is 10.1. The van der Waals surface area contributed by atoms with E-state index < -0.39 is 29.1 Å². The van der Waals surface area contributed by atoms with Crippen molar-refractivity contribution in [3.05, 3.63) is 71.3 Å². The SMILES string of the molecule is COc1ccc(C(F)=C(F)C(=O)C(F)=C(F)c2ccc(OC)cc2)cc1. The summed E-state index contributed by atoms with van der Waals surface area (Å²) in [7, 11) is 2.76. The molecule has 0 N–H and O–H groups in total. The number of hydrogen-bond donors (Lipinski definition) is 0. The van der Waals surface area contributed by atoms with Crippen molar-refractivity contribution in [2.24, 2.45) is 0 Å². The minimum Gasteiger partial charge on any atom is -0.497 e. The lowest BCUT2D eigenvalue weighted by Gasteiger charge is -2.04. The first-order chi connectivity index (χ1) is 12.4. The number of Topliss-reactive ketones (excluding diaryl/α,β-unsaturated/α-hetero) is 1. The van der Waals surface area contributed by atoms with Crippen LogP contribution >= 0.6 is 0 Å². The number of hydrogen-bond acceptors (Lipinski definition) is 3. The second kappa shape index (κ2) is 8.33. The van der Waals surface area contributed by atoms with Crippen LogP contribution in [0.5, 0.6) is 11.5 Å². The third-order valence-corrected chi connectivity index (χ3v) is 3.47. The van der Waals surface area contributed by atoms with Gasteiger partial charge in [-0.2, -0.15) is 8.78 Å². The van der Waals surface area contributed by atoms with Gasteiger partial charge in [0, 0.05) is 11.1 Å². The molecule has 0 aliphatic rings. The van der Waals surface area contributed by atoms with Crippen molar-refractivity contribution in [2.75, 3.05) is 14.2 Å². The normalized spacial score (nSPS) is 12.8. The first-order valence-electron chi connectivity index (χ1n) is 7.33. The Labute approximate surface area is 147 Å². The molecule has 2 aromatic rings. The number of carbonyl (C=O) groups is 1. The molecule has 0 unspecified atom stereocenters. The van der Waals surface area contributed by atoms with Crippen molar-refractivity contribution in [3.63, 3.8) is 0 Å². The number of allylic oxidation sites excluding steroid dienone is 2. The van der Waals surface area contributed by atoms with Crippen molar-refractivity contribution in [3.8, 4) is 11.5 Å². The largest absolute Gasteiger partial charge is 0.497 e. The van der Waals surface area contributed by atoms with Gasteiger partial charge in [-0.15, -0.1) is 0 Å². The molecule has 2 aromatic carbocycles. The number of benzene rings is 2. The van der Waals surface area contributed by atoms with Crippen molar-refractivity contribution in [1.29, 1.82) is 0 Å². The average Bonchev–Trinajstić information content (AvgIpc) is 2.71. The zero-order valence-corrected chi connectivity index (χ0v) is 13.9. The van der Waals surface area contributed by atoms with E-state index in [1.54, 1.807) is 0 Å². The highest BCUT2D eigenvalue weighted by Crippen LogP contribution is 2.29. The molecule has 136 valence electrons. The van der Waals surface area contributed by atoms with Gasteiger partial charge in [0.2, 0.25) is 11.7 Å². The molecular weight excluding hydrogens is 352 g/mol. The molecular formula is C19H14F4O3. The van der Waals surface area contributed by atoms with Crippen LogP contribution in [0.4, 0.5) is 17.6 Å². The third kappa shape index (κ3) is 4.11. The number of methoxy groups -OCH3 is 2. The van der Waals surface area contributed by atoms with Crippen LogP contribution in [0.1, 0.15) is 11.1 Å². The van der Waals surface area contributed by atoms with Gasteiger partial charge in [0.05, 0.1) is 14.2 Å². The van der Waals surface area contributed by atoms with E-state index in [1.165, 1.54) is 38.5 Å². The van der Waals surface area contributed by atoms with Gasteiger partial charge in [0.1, 0.15) is 11.5 Å². The highest BCUT2D eigenvalue weighted by Gasteiger charge is 2.25. The monoisotopic (exact) mass is 366 g/mol. The van der Waals surface area contributed by atoms with Crippen LogP contribution in [0.25, 0.3) is 11.7 Å². The summed E-state index contributed by atoms with van der Waals surface area (Å²) in [6.07, 6.45) is 0. The molecule has 0 radical (unpaired) electrons. The summed E-state index contributed by atoms with van der Waals surface area (Å²) in [4.78, 5) is 11.7. The van der Waals surface area contributed by atoms with Gasteiger partial charge < -0.3 is 9.47 Å². The second-order valence-corrected chi connectivity index (χ2v) is 5.04. The highest BCUT2D eigenvalue weighted by atomic mass is 19.2. The Morgan fingerprint density at radius 3 is 1.23 bits per heavy atom. The molecule has 0 saturated carbocycles. The predicted octanol–water partition coefficient (Wildman–Crippen LogP) is 5.19. The van der Waals surface area contributed by atoms with E-state index in [2.05, 4.69) is 0 Å². The molecule has 3 nitrogen and oxygen atoms in total. The van der Waals surface area contributed by atoms with Gasteiger partial charge in [0.25, 0.3) is 5.78 Å². The smallest absolute Gasteiger partial charge is 0.255 e. The molecule has 7 heteroatoms. The summed E-state index contributed by atoms with van der Waals surface area (Å²) in [5, 5.41) is 0. The Hall–Kier alpha value is -3.09. The van der Waals surface area contributed by atoms with Crippen LogP contribution in [0.15, 0.2) is 60.2 Å². The lowest BCUT2D eigenvalue weighted by Crippen LogP contribution is -2.03. The zero-order chi connectivity index (χ0) is 19.3. The molecule has 2 rings (SSSR count). The standard InChI is InChI=1S/C19H14F4O3/c1-25-13-7-3-11(4-8-13)15(20)17(22)19(24)18(23)16(21)12-5-9-14(26-2)10-6-12/h3-10H,1-2H3. The summed E-state index contributed by atoms with van der Waals surface area (Å²) in [5.41, 5.74) is -0.622. The molecule has 0 amide bonds. The lowest BCUT2D eigenvalue weighted by molar-refractivity contribution is -0.114. The Morgan fingerprint density at radius 2 is 0.962 bits per heavy atom. The van der Waals surface area contributed by atoms with E-state index in [-0.39, 0.29) is 11.1 Å². The summed E-state index contributed by atoms with van der Waals surface area (Å²) in [6, 6.07) is 9.89. The molecule has 0 bridgehead atoms. The van der Waals surface area contributed by atoms with Crippen molar-refractivity contribution in [2.45, 2.75) is 0 Å². The maximum atomic E-state index is 14.1. The maximum Gasteiger partial charge on any atom is 0.255 e. The molecule has 26 heavy (non-hydrogen) atoms. The van der Waals surface area contributed by atoms with Gasteiger partial charge in [-0.1, -0.05) is 0 Å². The van der Waals surface area contributed by atoms with Gasteiger partial charge in [-0.3, -0.25) is 4.79 Å². The summed E-state index contributed by atoms with van der Waals surface area (Å²) < 4.78 is 65.8. The summed E-state index contributed by atoms with van der Waals surface area (Å²) >= 11 is 0. The first kappa shape index (κ1) is 19.2. The highest BCUT2D eigenvalue weighted by molar-refractivity contribution is 6.12. The maximum absolute atomic E-state index is 14.1. The van der Waals surface area contributed by atoms with E-state index >= 15 is 0 Å². The Morgan fingerprint density at radius 1 is 0.654 bits per heavy atom. The number of halogens is 4. The Balaban J connectivity index is 2.33. The molecule has 0 spiro atoms. The Bertz CT molecular complexity index is 782. The van der Waals surface area contributed by atoms with Gasteiger partial charge >= 0.3 is 0 Å². The fraction of sp³-hybridized carbons (Fsp3) is 0.105. The molecule has 0 aliphatic heterocycles. The van der Waals surface area contributed by atoms with E-state index in [0.29, 0.717) is 11.5 Å². The van der Waals surface area contributed by atoms with Crippen LogP contribution in [0.3, 0.4) is 0 Å². The zero-order valence-electron chi connectivity index (χ0n) is 13.9. The van der Waals surface area contributed by atoms with Crippen LogP contribution in [0, 0.1) is 0 Å². The van der Waals surface area contributed by atoms with E-state index in [9.17, 15) is 22.4 Å². The van der Waals surface area contributed by atoms with E-state index in [4.69, 9.17) is 9.47 Å². The van der Waals surface area contributed by atoms with Gasteiger partial charge in [0.15, 0.2) is 11.7 Å². The fourth-order valence-corrected chi connectivity index (χ4v) is 2.02. The van der Waals surface area contributed by atoms with Crippen molar-refractivity contribution in [1.82, 2.24) is 0 Å². The van der Waals surface area contributed by atoms with Crippen LogP contribution in [-0.2, 0) is 4.79 Å². The van der Waals surface area contributed by atoms with E-state index in [1.807, 2.05) is 0 Å². The molecule has 0 saturated heterocycles. The number of ether oxygens (including phenoxy) is 2. The van der Waals surface area contributed by atoms with Crippen LogP contribution in [0.2, 0.25) is 0 Å². The summed E-state index contributed by atoms with van der Waals surface area (Å²) in [6.45, 7) is 0. The third-order valence-electron chi connectivity index (χ3n) is 3.47. The Kier molecular flexibility index (Phi) is 6.16. The topological polar surface area (TPSA) is 35.5 Å². The second-order valence-electron chi connectivity index (χ2n) is 5.04. The number of rotatable bonds is 6. The van der Waals surface area contributed by atoms with E-state index in [0.717, 1.165) is 24.3 Å². The van der Waals surface area contributed by atoms with Gasteiger partial charge in [-0.25, -0.2) is 8.78 Å². The van der Waals surface area contributed by atoms with Crippen molar-refractivity contribution >= 4 is 17.4 Å². The number of carbonyl (C=O) groups excluding carboxylic acids is 1. The van der Waals surface area contributed by atoms with Crippen LogP contribution in [-0.4, -0.2) is 20.0 Å². The molecule has 0 atom stereocenters. The number of ketones is 1. The van der Waals surface area contributed by atoms with Crippen molar-refractivity contribution < 1.29 is 31.8 Å². The predicted molar refractivity (Wildman–Crippen MR) is 89.3 cm³/mol. The summed E-state index contributed by atoms with van der Waals surface area (Å²) in [5.74, 6) is -8.53. The molecule has 0 aliphatic carbocycles. The van der Waals surface area contributed by atoms with Crippen LogP contribution < -0.4 is 9.47 Å². The average molecular weight is 366 g/mol. The minimum atomic E-state index is -2.03. The molecule has 0 heterocycles.